The molecule has 0 aromatic heterocycles. The number of nitriles is 3. The van der Waals surface area contributed by atoms with Crippen LogP contribution in [0.5, 0.6) is 0 Å². The zero-order chi connectivity index (χ0) is 9.41. The van der Waals surface area contributed by atoms with Gasteiger partial charge in [-0.3, -0.25) is 0 Å². The van der Waals surface area contributed by atoms with Crippen LogP contribution in [-0.2, 0) is 0 Å². The van der Waals surface area contributed by atoms with Crippen LogP contribution in [0, 0.1) is 50.7 Å². The molecule has 1 fully saturated rings. The summed E-state index contributed by atoms with van der Waals surface area (Å²) in [5.74, 6) is 0.141. The van der Waals surface area contributed by atoms with Crippen LogP contribution in [0.15, 0.2) is 0 Å². The fourth-order valence-electron chi connectivity index (χ4n) is 1.72. The van der Waals surface area contributed by atoms with Crippen molar-refractivity contribution in [2.75, 3.05) is 0 Å². The van der Waals surface area contributed by atoms with Crippen molar-refractivity contribution in [2.24, 2.45) is 16.7 Å². The highest BCUT2D eigenvalue weighted by Gasteiger charge is 2.63. The van der Waals surface area contributed by atoms with E-state index in [1.807, 2.05) is 19.1 Å². The van der Waals surface area contributed by atoms with E-state index in [2.05, 4.69) is 6.07 Å². The number of nitrogens with zero attached hydrogens (tertiary/aromatic N) is 3. The van der Waals surface area contributed by atoms with Crippen LogP contribution in [0.25, 0.3) is 0 Å². The molecule has 0 heterocycles. The molecule has 0 spiro atoms. The third kappa shape index (κ3) is 0.626. The molecule has 0 radical (unpaired) electrons. The average Bonchev–Trinajstić information content (AvgIpc) is 2.12. The van der Waals surface area contributed by atoms with Crippen LogP contribution in [0.1, 0.15) is 20.3 Å². The second kappa shape index (κ2) is 2.23. The van der Waals surface area contributed by atoms with Gasteiger partial charge in [-0.05, 0) is 19.3 Å². The van der Waals surface area contributed by atoms with Gasteiger partial charge in [-0.1, -0.05) is 6.92 Å². The van der Waals surface area contributed by atoms with Crippen molar-refractivity contribution >= 4 is 0 Å². The first-order valence-electron chi connectivity index (χ1n) is 3.80. The molecular weight excluding hydrogens is 150 g/mol. The third-order valence-corrected chi connectivity index (χ3v) is 3.10. The molecule has 0 saturated heterocycles. The maximum atomic E-state index is 8.86. The van der Waals surface area contributed by atoms with E-state index in [4.69, 9.17) is 15.8 Å². The maximum Gasteiger partial charge on any atom is 0.162 e. The lowest BCUT2D eigenvalue weighted by molar-refractivity contribution is 0.0131. The Morgan fingerprint density at radius 3 is 1.83 bits per heavy atom. The summed E-state index contributed by atoms with van der Waals surface area (Å²) in [5, 5.41) is 26.5. The maximum absolute atomic E-state index is 8.86. The van der Waals surface area contributed by atoms with Crippen LogP contribution >= 0.6 is 0 Å². The monoisotopic (exact) mass is 159 g/mol. The second-order valence-corrected chi connectivity index (χ2v) is 3.55. The van der Waals surface area contributed by atoms with E-state index in [9.17, 15) is 0 Å². The lowest BCUT2D eigenvalue weighted by Gasteiger charge is -2.49. The molecule has 60 valence electrons. The van der Waals surface area contributed by atoms with Gasteiger partial charge in [0.25, 0.3) is 0 Å². The lowest BCUT2D eigenvalue weighted by Crippen LogP contribution is -2.53. The van der Waals surface area contributed by atoms with E-state index >= 15 is 0 Å². The molecule has 2 atom stereocenters. The van der Waals surface area contributed by atoms with Crippen molar-refractivity contribution in [1.82, 2.24) is 0 Å². The summed E-state index contributed by atoms with van der Waals surface area (Å²) in [7, 11) is 0. The van der Waals surface area contributed by atoms with Crippen LogP contribution < -0.4 is 0 Å². The molecule has 0 N–H and O–H groups in total. The Balaban J connectivity index is 3.12. The third-order valence-electron chi connectivity index (χ3n) is 3.10. The van der Waals surface area contributed by atoms with Gasteiger partial charge in [0.15, 0.2) is 5.41 Å². The van der Waals surface area contributed by atoms with Crippen LogP contribution in [0.4, 0.5) is 0 Å². The number of hydrogen-bond donors (Lipinski definition) is 0. The molecule has 3 heteroatoms. The summed E-state index contributed by atoms with van der Waals surface area (Å²) >= 11 is 0. The molecule has 1 rings (SSSR count). The largest absolute Gasteiger partial charge is 0.198 e. The van der Waals surface area contributed by atoms with Crippen LogP contribution in [0.3, 0.4) is 0 Å². The summed E-state index contributed by atoms with van der Waals surface area (Å²) in [5.41, 5.74) is -1.85. The molecule has 0 amide bonds. The predicted octanol–water partition coefficient (Wildman–Crippen LogP) is 1.59. The zero-order valence-corrected chi connectivity index (χ0v) is 7.13. The Bertz CT molecular complexity index is 311. The molecule has 1 aliphatic carbocycles. The first-order valence-corrected chi connectivity index (χ1v) is 3.80. The highest BCUT2D eigenvalue weighted by molar-refractivity contribution is 5.33. The SMILES string of the molecule is CC1CC(C#N)(C#N)C1(C)C#N. The van der Waals surface area contributed by atoms with Gasteiger partial charge in [0.05, 0.1) is 23.6 Å². The van der Waals surface area contributed by atoms with Crippen molar-refractivity contribution in [2.45, 2.75) is 20.3 Å². The van der Waals surface area contributed by atoms with E-state index in [0.717, 1.165) is 0 Å². The predicted molar refractivity (Wildman–Crippen MR) is 41.2 cm³/mol. The summed E-state index contributed by atoms with van der Waals surface area (Å²) in [6.45, 7) is 3.59. The minimum atomic E-state index is -1.07. The molecule has 1 aliphatic rings. The minimum Gasteiger partial charge on any atom is -0.198 e. The summed E-state index contributed by atoms with van der Waals surface area (Å²) in [4.78, 5) is 0. The second-order valence-electron chi connectivity index (χ2n) is 3.55. The normalized spacial score (nSPS) is 36.8. The van der Waals surface area contributed by atoms with Gasteiger partial charge in [-0.2, -0.15) is 15.8 Å². The molecular formula is C9H9N3. The van der Waals surface area contributed by atoms with Crippen LogP contribution in [-0.4, -0.2) is 0 Å². The summed E-state index contributed by atoms with van der Waals surface area (Å²) in [6.07, 6.45) is 0.518. The molecule has 12 heavy (non-hydrogen) atoms. The minimum absolute atomic E-state index is 0.141. The topological polar surface area (TPSA) is 71.4 Å². The molecule has 2 unspecified atom stereocenters. The summed E-state index contributed by atoms with van der Waals surface area (Å²) < 4.78 is 0. The van der Waals surface area contributed by atoms with E-state index in [1.54, 1.807) is 6.92 Å². The van der Waals surface area contributed by atoms with Crippen molar-refractivity contribution in [3.8, 4) is 18.2 Å². The van der Waals surface area contributed by atoms with E-state index in [-0.39, 0.29) is 5.92 Å². The van der Waals surface area contributed by atoms with Crippen LogP contribution in [0.2, 0.25) is 0 Å². The lowest BCUT2D eigenvalue weighted by atomic mass is 9.46. The number of rotatable bonds is 0. The molecule has 0 bridgehead atoms. The van der Waals surface area contributed by atoms with Gasteiger partial charge >= 0.3 is 0 Å². The summed E-state index contributed by atoms with van der Waals surface area (Å²) in [6, 6.07) is 5.98. The molecule has 3 nitrogen and oxygen atoms in total. The first-order chi connectivity index (χ1) is 5.56. The first kappa shape index (κ1) is 8.57. The van der Waals surface area contributed by atoms with E-state index < -0.39 is 10.8 Å². The van der Waals surface area contributed by atoms with E-state index in [1.165, 1.54) is 0 Å². The Morgan fingerprint density at radius 2 is 1.67 bits per heavy atom. The molecule has 0 aliphatic heterocycles. The Morgan fingerprint density at radius 1 is 1.17 bits per heavy atom. The van der Waals surface area contributed by atoms with E-state index in [0.29, 0.717) is 6.42 Å². The van der Waals surface area contributed by atoms with Gasteiger partial charge in [0, 0.05) is 0 Å². The Kier molecular flexibility index (Phi) is 1.59. The standard InChI is InChI=1S/C9H9N3/c1-7-3-9(5-11,6-12)8(7,2)4-10/h7H,3H2,1-2H3. The van der Waals surface area contributed by atoms with Crippen molar-refractivity contribution < 1.29 is 0 Å². The number of hydrogen-bond acceptors (Lipinski definition) is 3. The van der Waals surface area contributed by atoms with Gasteiger partial charge in [0.1, 0.15) is 0 Å². The Hall–Kier alpha value is -1.53. The Labute approximate surface area is 71.8 Å². The highest BCUT2D eigenvalue weighted by atomic mass is 14.6. The van der Waals surface area contributed by atoms with Crippen molar-refractivity contribution in [3.05, 3.63) is 0 Å². The highest BCUT2D eigenvalue weighted by Crippen LogP contribution is 2.59. The molecule has 1 saturated carbocycles. The average molecular weight is 159 g/mol. The zero-order valence-electron chi connectivity index (χ0n) is 7.13. The molecule has 0 aromatic carbocycles. The van der Waals surface area contributed by atoms with Crippen molar-refractivity contribution in [3.63, 3.8) is 0 Å². The van der Waals surface area contributed by atoms with Gasteiger partial charge in [0.2, 0.25) is 0 Å². The van der Waals surface area contributed by atoms with Crippen molar-refractivity contribution in [1.29, 1.82) is 15.8 Å². The molecule has 0 aromatic rings. The smallest absolute Gasteiger partial charge is 0.162 e. The van der Waals surface area contributed by atoms with Gasteiger partial charge in [-0.15, -0.1) is 0 Å². The fraction of sp³-hybridized carbons (Fsp3) is 0.667. The quantitative estimate of drug-likeness (QED) is 0.538. The van der Waals surface area contributed by atoms with Gasteiger partial charge in [-0.25, -0.2) is 0 Å². The fourth-order valence-corrected chi connectivity index (χ4v) is 1.72. The van der Waals surface area contributed by atoms with Gasteiger partial charge < -0.3 is 0 Å².